The smallest absolute Gasteiger partial charge is 0.408 e. The van der Waals surface area contributed by atoms with Crippen LogP contribution in [0.2, 0.25) is 0 Å². The first-order valence-corrected chi connectivity index (χ1v) is 15.2. The summed E-state index contributed by atoms with van der Waals surface area (Å²) in [5.74, 6) is 0.898. The molecule has 8 atom stereocenters. The van der Waals surface area contributed by atoms with Crippen LogP contribution < -0.4 is 5.32 Å². The topological polar surface area (TPSA) is 135 Å². The van der Waals surface area contributed by atoms with E-state index < -0.39 is 44.9 Å². The maximum Gasteiger partial charge on any atom is 0.408 e. The predicted octanol–water partition coefficient (Wildman–Crippen LogP) is 2.72. The van der Waals surface area contributed by atoms with Crippen molar-refractivity contribution < 1.29 is 31.7 Å². The third kappa shape index (κ3) is 5.48. The molecule has 1 N–H and O–H groups in total. The number of nitrogens with one attached hydrogen (secondary N) is 1. The van der Waals surface area contributed by atoms with E-state index in [1.807, 2.05) is 0 Å². The number of hydrogen-bond donors (Lipinski definition) is 1. The Hall–Kier alpha value is -1.90. The van der Waals surface area contributed by atoms with Crippen molar-refractivity contribution in [2.75, 3.05) is 19.5 Å². The molecular weight excluding hydrogens is 498 g/mol. The Balaban J connectivity index is 1.41. The van der Waals surface area contributed by atoms with Crippen molar-refractivity contribution in [3.63, 3.8) is 0 Å². The van der Waals surface area contributed by atoms with Gasteiger partial charge in [0.15, 0.2) is 0 Å². The van der Waals surface area contributed by atoms with E-state index >= 15 is 0 Å². The van der Waals surface area contributed by atoms with Crippen molar-refractivity contribution in [2.24, 2.45) is 23.2 Å². The van der Waals surface area contributed by atoms with E-state index in [4.69, 9.17) is 13.7 Å². The minimum atomic E-state index is -3.55. The van der Waals surface area contributed by atoms with Gasteiger partial charge in [-0.15, -0.1) is 0 Å². The summed E-state index contributed by atoms with van der Waals surface area (Å²) in [6.07, 6.45) is 6.97. The molecule has 1 saturated heterocycles. The molecule has 2 amide bonds. The summed E-state index contributed by atoms with van der Waals surface area (Å²) in [6.45, 7) is 5.46. The van der Waals surface area contributed by atoms with Crippen LogP contribution in [-0.2, 0) is 28.6 Å². The fourth-order valence-corrected chi connectivity index (χ4v) is 8.51. The molecule has 0 aromatic heterocycles. The van der Waals surface area contributed by atoms with Gasteiger partial charge >= 0.3 is 6.09 Å². The normalized spacial score (nSPS) is 38.6. The second-order valence-electron chi connectivity index (χ2n) is 13.1. The van der Waals surface area contributed by atoms with Gasteiger partial charge in [0, 0.05) is 11.5 Å². The van der Waals surface area contributed by atoms with Gasteiger partial charge < -0.3 is 19.7 Å². The van der Waals surface area contributed by atoms with Crippen molar-refractivity contribution in [2.45, 2.75) is 101 Å². The number of nitriles is 1. The van der Waals surface area contributed by atoms with Gasteiger partial charge in [0.25, 0.3) is 10.1 Å². The van der Waals surface area contributed by atoms with Gasteiger partial charge in [-0.05, 0) is 89.9 Å². The molecule has 5 saturated carbocycles. The maximum atomic E-state index is 14.2. The summed E-state index contributed by atoms with van der Waals surface area (Å²) >= 11 is 0. The average Bonchev–Trinajstić information content (AvgIpc) is 3.41. The molecule has 0 spiro atoms. The number of ether oxygens (including phenoxy) is 2. The Labute approximate surface area is 219 Å². The van der Waals surface area contributed by atoms with Crippen LogP contribution in [0.4, 0.5) is 4.79 Å². The second-order valence-corrected chi connectivity index (χ2v) is 14.8. The number of piperidine rings is 1. The number of carbonyl (C=O) groups is 2. The summed E-state index contributed by atoms with van der Waals surface area (Å²) < 4.78 is 39.6. The van der Waals surface area contributed by atoms with Crippen molar-refractivity contribution in [1.82, 2.24) is 10.2 Å². The van der Waals surface area contributed by atoms with E-state index in [0.717, 1.165) is 44.8 Å². The number of carbonyl (C=O) groups excluding carboxylic acids is 2. The van der Waals surface area contributed by atoms with Gasteiger partial charge in [-0.2, -0.15) is 13.7 Å². The first-order chi connectivity index (χ1) is 17.2. The standard InChI is InChI=1S/C26H39N3O7S/c1-24(2,3)36-23(31)28-21(22(30)29-19(14-27)8-18-9-20(18)29)25-10-16-7-17(11-25)13-26(12-16,15-25)34-5-6-35-37(4,32)33/h16-21H,5-13,15H2,1-4H3,(H,28,31)/t16-,17?,18+,19-,20-,21+,25?,26?/m0/s1. The number of amides is 2. The third-order valence-corrected chi connectivity index (χ3v) is 9.46. The first kappa shape index (κ1) is 26.7. The molecule has 3 unspecified atom stereocenters. The van der Waals surface area contributed by atoms with Crippen LogP contribution in [0.15, 0.2) is 0 Å². The fraction of sp³-hybridized carbons (Fsp3) is 0.885. The molecule has 6 fully saturated rings. The molecule has 1 heterocycles. The monoisotopic (exact) mass is 537 g/mol. The summed E-state index contributed by atoms with van der Waals surface area (Å²) in [4.78, 5) is 29.0. The van der Waals surface area contributed by atoms with E-state index in [2.05, 4.69) is 11.4 Å². The van der Waals surface area contributed by atoms with Crippen molar-refractivity contribution in [3.05, 3.63) is 0 Å². The minimum absolute atomic E-state index is 0.0534. The van der Waals surface area contributed by atoms with Gasteiger partial charge in [0.1, 0.15) is 17.7 Å². The van der Waals surface area contributed by atoms with E-state index in [9.17, 15) is 23.3 Å². The zero-order valence-electron chi connectivity index (χ0n) is 22.2. The summed E-state index contributed by atoms with van der Waals surface area (Å²) in [5, 5.41) is 12.7. The van der Waals surface area contributed by atoms with Crippen LogP contribution in [-0.4, -0.2) is 74.1 Å². The van der Waals surface area contributed by atoms with Gasteiger partial charge in [-0.25, -0.2) is 4.79 Å². The van der Waals surface area contributed by atoms with Crippen LogP contribution in [0.3, 0.4) is 0 Å². The zero-order chi connectivity index (χ0) is 26.8. The zero-order valence-corrected chi connectivity index (χ0v) is 23.0. The summed E-state index contributed by atoms with van der Waals surface area (Å²) in [7, 11) is -3.55. The Morgan fingerprint density at radius 1 is 1.11 bits per heavy atom. The molecule has 10 nitrogen and oxygen atoms in total. The highest BCUT2D eigenvalue weighted by Gasteiger charge is 2.64. The van der Waals surface area contributed by atoms with Crippen LogP contribution in [0.1, 0.15) is 72.1 Å². The predicted molar refractivity (Wildman–Crippen MR) is 133 cm³/mol. The van der Waals surface area contributed by atoms with Crippen molar-refractivity contribution in [3.8, 4) is 6.07 Å². The Kier molecular flexibility index (Phi) is 6.56. The van der Waals surface area contributed by atoms with E-state index in [1.165, 1.54) is 0 Å². The Morgan fingerprint density at radius 2 is 1.78 bits per heavy atom. The van der Waals surface area contributed by atoms with Crippen LogP contribution in [0, 0.1) is 34.5 Å². The molecule has 0 radical (unpaired) electrons. The molecule has 0 aromatic carbocycles. The lowest BCUT2D eigenvalue weighted by Crippen LogP contribution is -2.67. The molecule has 37 heavy (non-hydrogen) atoms. The van der Waals surface area contributed by atoms with Crippen LogP contribution in [0.5, 0.6) is 0 Å². The quantitative estimate of drug-likeness (QED) is 0.369. The van der Waals surface area contributed by atoms with Gasteiger partial charge in [0.05, 0.1) is 31.1 Å². The number of nitrogens with zero attached hydrogens (tertiary/aromatic N) is 2. The Bertz CT molecular complexity index is 1080. The van der Waals surface area contributed by atoms with E-state index in [1.54, 1.807) is 25.7 Å². The van der Waals surface area contributed by atoms with Gasteiger partial charge in [-0.1, -0.05) is 0 Å². The van der Waals surface area contributed by atoms with Crippen LogP contribution in [0.25, 0.3) is 0 Å². The molecule has 1 aliphatic heterocycles. The fourth-order valence-electron chi connectivity index (χ4n) is 8.14. The van der Waals surface area contributed by atoms with Crippen LogP contribution >= 0.6 is 0 Å². The molecule has 11 heteroatoms. The SMILES string of the molecule is CC(C)(C)OC(=O)N[C@H](C(=O)N1[C@H](C#N)C[C@@H]2C[C@@H]21)C12CC3C[C@H](CC(OCCOS(C)(=O)=O)(C3)C1)C2. The highest BCUT2D eigenvalue weighted by Crippen LogP contribution is 2.64. The molecule has 6 aliphatic rings. The molecule has 0 aromatic rings. The lowest BCUT2D eigenvalue weighted by Gasteiger charge is -2.63. The summed E-state index contributed by atoms with van der Waals surface area (Å²) in [5.41, 5.74) is -1.71. The summed E-state index contributed by atoms with van der Waals surface area (Å²) in [6, 6.07) is 1.11. The highest BCUT2D eigenvalue weighted by molar-refractivity contribution is 7.85. The largest absolute Gasteiger partial charge is 0.444 e. The minimum Gasteiger partial charge on any atom is -0.444 e. The number of likely N-dealkylation sites (tertiary alicyclic amines) is 1. The molecule has 206 valence electrons. The third-order valence-electron chi connectivity index (χ3n) is 8.87. The average molecular weight is 538 g/mol. The van der Waals surface area contributed by atoms with Gasteiger partial charge in [-0.3, -0.25) is 8.98 Å². The van der Waals surface area contributed by atoms with Crippen molar-refractivity contribution in [1.29, 1.82) is 5.26 Å². The lowest BCUT2D eigenvalue weighted by atomic mass is 9.46. The Morgan fingerprint density at radius 3 is 2.38 bits per heavy atom. The number of alkyl carbamates (subject to hydrolysis) is 1. The molecule has 6 rings (SSSR count). The highest BCUT2D eigenvalue weighted by atomic mass is 32.2. The molecular formula is C26H39N3O7S. The molecule has 4 bridgehead atoms. The number of rotatable bonds is 8. The van der Waals surface area contributed by atoms with Crippen molar-refractivity contribution >= 4 is 22.1 Å². The van der Waals surface area contributed by atoms with E-state index in [0.29, 0.717) is 30.6 Å². The number of hydrogen-bond acceptors (Lipinski definition) is 8. The maximum absolute atomic E-state index is 14.2. The lowest BCUT2D eigenvalue weighted by molar-refractivity contribution is -0.204. The first-order valence-electron chi connectivity index (χ1n) is 13.4. The molecule has 5 aliphatic carbocycles. The number of fused-ring (bicyclic) bond motifs is 1. The van der Waals surface area contributed by atoms with Gasteiger partial charge in [0.2, 0.25) is 5.91 Å². The second kappa shape index (κ2) is 9.09. The van der Waals surface area contributed by atoms with E-state index in [-0.39, 0.29) is 25.2 Å².